The Morgan fingerprint density at radius 2 is 2.19 bits per heavy atom. The van der Waals surface area contributed by atoms with Crippen LogP contribution in [0.2, 0.25) is 0 Å². The van der Waals surface area contributed by atoms with Gasteiger partial charge in [0, 0.05) is 32.1 Å². The van der Waals surface area contributed by atoms with E-state index in [4.69, 9.17) is 21.1 Å². The van der Waals surface area contributed by atoms with Gasteiger partial charge in [-0.15, -0.1) is 21.8 Å². The van der Waals surface area contributed by atoms with Gasteiger partial charge in [-0.05, 0) is 6.42 Å². The molecule has 7 nitrogen and oxygen atoms in total. The van der Waals surface area contributed by atoms with Gasteiger partial charge in [0.15, 0.2) is 6.29 Å². The van der Waals surface area contributed by atoms with Crippen LogP contribution in [0.25, 0.3) is 0 Å². The van der Waals surface area contributed by atoms with Gasteiger partial charge in [-0.3, -0.25) is 5.32 Å². The summed E-state index contributed by atoms with van der Waals surface area (Å²) >= 11 is 7.45. The zero-order chi connectivity index (χ0) is 15.6. The zero-order valence-corrected chi connectivity index (χ0v) is 14.0. The summed E-state index contributed by atoms with van der Waals surface area (Å²) in [6.07, 6.45) is 0.425. The molecule has 1 heterocycles. The summed E-state index contributed by atoms with van der Waals surface area (Å²) in [5.74, 6) is 0. The Labute approximate surface area is 132 Å². The van der Waals surface area contributed by atoms with Crippen molar-refractivity contribution in [1.82, 2.24) is 15.1 Å². The number of anilines is 1. The van der Waals surface area contributed by atoms with E-state index in [1.807, 2.05) is 6.92 Å². The standard InChI is InChI=1S/C12H19ClN4O3S/c1-12(5-7(12)13)9-15-16-10(21-9)14-11(18)17(2)6-8(19-3)20-4/h7-8H,5-6H2,1-4H3,(H,14,16,18). The lowest BCUT2D eigenvalue weighted by Gasteiger charge is -2.21. The van der Waals surface area contributed by atoms with E-state index in [-0.39, 0.29) is 16.8 Å². The van der Waals surface area contributed by atoms with Gasteiger partial charge in [0.25, 0.3) is 0 Å². The summed E-state index contributed by atoms with van der Waals surface area (Å²) in [4.78, 5) is 13.5. The minimum Gasteiger partial charge on any atom is -0.354 e. The van der Waals surface area contributed by atoms with Crippen molar-refractivity contribution in [3.8, 4) is 0 Å². The molecule has 2 unspecified atom stereocenters. The lowest BCUT2D eigenvalue weighted by atomic mass is 10.2. The largest absolute Gasteiger partial charge is 0.354 e. The van der Waals surface area contributed by atoms with Crippen LogP contribution in [0, 0.1) is 0 Å². The second kappa shape index (κ2) is 6.43. The number of methoxy groups -OCH3 is 2. The lowest BCUT2D eigenvalue weighted by Crippen LogP contribution is -2.38. The monoisotopic (exact) mass is 334 g/mol. The molecule has 0 bridgehead atoms. The number of carbonyl (C=O) groups is 1. The number of ether oxygens (including phenoxy) is 2. The maximum atomic E-state index is 12.0. The Morgan fingerprint density at radius 1 is 1.57 bits per heavy atom. The highest BCUT2D eigenvalue weighted by atomic mass is 35.5. The Hall–Kier alpha value is -0.960. The molecule has 2 atom stereocenters. The molecule has 0 radical (unpaired) electrons. The predicted octanol–water partition coefficient (Wildman–Crippen LogP) is 1.89. The van der Waals surface area contributed by atoms with Crippen LogP contribution in [-0.4, -0.2) is 60.6 Å². The van der Waals surface area contributed by atoms with Crippen LogP contribution < -0.4 is 5.32 Å². The van der Waals surface area contributed by atoms with Crippen molar-refractivity contribution >= 4 is 34.1 Å². The van der Waals surface area contributed by atoms with E-state index in [0.29, 0.717) is 11.7 Å². The molecule has 9 heteroatoms. The Kier molecular flexibility index (Phi) is 5.03. The van der Waals surface area contributed by atoms with Crippen molar-refractivity contribution in [1.29, 1.82) is 0 Å². The van der Waals surface area contributed by atoms with Gasteiger partial charge in [0.05, 0.1) is 6.54 Å². The third kappa shape index (κ3) is 3.63. The molecule has 1 N–H and O–H groups in total. The van der Waals surface area contributed by atoms with E-state index in [1.54, 1.807) is 7.05 Å². The van der Waals surface area contributed by atoms with E-state index in [2.05, 4.69) is 15.5 Å². The third-order valence-electron chi connectivity index (χ3n) is 3.56. The highest BCUT2D eigenvalue weighted by Gasteiger charge is 2.53. The van der Waals surface area contributed by atoms with Crippen LogP contribution in [0.4, 0.5) is 9.93 Å². The molecule has 21 heavy (non-hydrogen) atoms. The fourth-order valence-electron chi connectivity index (χ4n) is 1.78. The Bertz CT molecular complexity index is 510. The third-order valence-corrected chi connectivity index (χ3v) is 5.31. The van der Waals surface area contributed by atoms with Gasteiger partial charge in [0.1, 0.15) is 5.01 Å². The van der Waals surface area contributed by atoms with Crippen molar-refractivity contribution in [2.45, 2.75) is 30.4 Å². The summed E-state index contributed by atoms with van der Waals surface area (Å²) in [7, 11) is 4.70. The molecule has 1 saturated carbocycles. The highest BCUT2D eigenvalue weighted by Crippen LogP contribution is 2.52. The minimum absolute atomic E-state index is 0.0980. The van der Waals surface area contributed by atoms with Gasteiger partial charge < -0.3 is 14.4 Å². The number of urea groups is 1. The van der Waals surface area contributed by atoms with Gasteiger partial charge in [-0.1, -0.05) is 18.3 Å². The van der Waals surface area contributed by atoms with Crippen molar-refractivity contribution in [2.75, 3.05) is 33.1 Å². The van der Waals surface area contributed by atoms with Crippen LogP contribution >= 0.6 is 22.9 Å². The molecule has 0 saturated heterocycles. The molecule has 1 aliphatic rings. The van der Waals surface area contributed by atoms with E-state index in [9.17, 15) is 4.79 Å². The fourth-order valence-corrected chi connectivity index (χ4v) is 3.21. The van der Waals surface area contributed by atoms with E-state index in [0.717, 1.165) is 11.4 Å². The summed E-state index contributed by atoms with van der Waals surface area (Å²) < 4.78 is 10.1. The van der Waals surface area contributed by atoms with Crippen molar-refractivity contribution in [3.63, 3.8) is 0 Å². The van der Waals surface area contributed by atoms with Crippen molar-refractivity contribution in [2.24, 2.45) is 0 Å². The normalized spacial score (nSPS) is 24.2. The quantitative estimate of drug-likeness (QED) is 0.635. The average molecular weight is 335 g/mol. The highest BCUT2D eigenvalue weighted by molar-refractivity contribution is 7.15. The second-order valence-electron chi connectivity index (χ2n) is 5.21. The minimum atomic E-state index is -0.465. The smallest absolute Gasteiger partial charge is 0.323 e. The molecule has 1 aromatic rings. The fraction of sp³-hybridized carbons (Fsp3) is 0.750. The molecule has 1 fully saturated rings. The van der Waals surface area contributed by atoms with Crippen molar-refractivity contribution < 1.29 is 14.3 Å². The van der Waals surface area contributed by atoms with E-state index in [1.165, 1.54) is 30.5 Å². The Balaban J connectivity index is 1.91. The van der Waals surface area contributed by atoms with Crippen LogP contribution in [-0.2, 0) is 14.9 Å². The number of rotatable bonds is 6. The number of amides is 2. The van der Waals surface area contributed by atoms with Crippen molar-refractivity contribution in [3.05, 3.63) is 5.01 Å². The number of nitrogens with zero attached hydrogens (tertiary/aromatic N) is 3. The maximum absolute atomic E-state index is 12.0. The van der Waals surface area contributed by atoms with Gasteiger partial charge in [-0.2, -0.15) is 0 Å². The topological polar surface area (TPSA) is 76.6 Å². The molecule has 1 aromatic heterocycles. The second-order valence-corrected chi connectivity index (χ2v) is 6.72. The molecule has 0 aromatic carbocycles. The zero-order valence-electron chi connectivity index (χ0n) is 12.4. The van der Waals surface area contributed by atoms with Crippen LogP contribution in [0.3, 0.4) is 0 Å². The summed E-state index contributed by atoms with van der Waals surface area (Å²) in [6, 6.07) is -0.292. The molecular weight excluding hydrogens is 316 g/mol. The molecular formula is C12H19ClN4O3S. The van der Waals surface area contributed by atoms with Gasteiger partial charge in [0.2, 0.25) is 5.13 Å². The number of nitrogens with one attached hydrogen (secondary N) is 1. The van der Waals surface area contributed by atoms with E-state index >= 15 is 0 Å². The van der Waals surface area contributed by atoms with Gasteiger partial charge in [-0.25, -0.2) is 4.79 Å². The number of alkyl halides is 1. The molecule has 118 valence electrons. The lowest BCUT2D eigenvalue weighted by molar-refractivity contribution is -0.108. The molecule has 1 aliphatic carbocycles. The number of likely N-dealkylation sites (N-methyl/N-ethyl adjacent to an activating group) is 1. The molecule has 0 spiro atoms. The summed E-state index contributed by atoms with van der Waals surface area (Å²) in [5.41, 5.74) is -0.106. The molecule has 0 aliphatic heterocycles. The van der Waals surface area contributed by atoms with Crippen LogP contribution in [0.15, 0.2) is 0 Å². The maximum Gasteiger partial charge on any atom is 0.323 e. The SMILES string of the molecule is COC(CN(C)C(=O)Nc1nnc(C2(C)CC2Cl)s1)OC. The summed E-state index contributed by atoms with van der Waals surface area (Å²) in [5, 5.41) is 12.2. The first-order chi connectivity index (χ1) is 9.90. The Morgan fingerprint density at radius 3 is 2.71 bits per heavy atom. The first-order valence-corrected chi connectivity index (χ1v) is 7.71. The molecule has 2 rings (SSSR count). The number of carbonyl (C=O) groups excluding carboxylic acids is 1. The van der Waals surface area contributed by atoms with E-state index < -0.39 is 6.29 Å². The average Bonchev–Trinajstić information content (AvgIpc) is 2.89. The van der Waals surface area contributed by atoms with Crippen LogP contribution in [0.1, 0.15) is 18.4 Å². The molecule has 2 amide bonds. The number of aromatic nitrogens is 2. The predicted molar refractivity (Wildman–Crippen MR) is 81.0 cm³/mol. The first-order valence-electron chi connectivity index (χ1n) is 6.46. The first kappa shape index (κ1) is 16.4. The van der Waals surface area contributed by atoms with Crippen LogP contribution in [0.5, 0.6) is 0 Å². The summed E-state index contributed by atoms with van der Waals surface area (Å²) in [6.45, 7) is 2.36. The number of hydrogen-bond acceptors (Lipinski definition) is 6. The van der Waals surface area contributed by atoms with Gasteiger partial charge >= 0.3 is 6.03 Å². The number of hydrogen-bond donors (Lipinski definition) is 1. The number of halogens is 1.